The first-order valence-corrected chi connectivity index (χ1v) is 8.43. The number of hydrogen-bond donors (Lipinski definition) is 0. The van der Waals surface area contributed by atoms with Gasteiger partial charge in [-0.2, -0.15) is 0 Å². The predicted molar refractivity (Wildman–Crippen MR) is 89.3 cm³/mol. The number of unbranched alkanes of at least 4 members (excludes halogenated alkanes) is 2. The van der Waals surface area contributed by atoms with Crippen molar-refractivity contribution in [1.82, 2.24) is 0 Å². The van der Waals surface area contributed by atoms with Crippen LogP contribution < -0.4 is 0 Å². The van der Waals surface area contributed by atoms with Crippen LogP contribution in [-0.4, -0.2) is 0 Å². The summed E-state index contributed by atoms with van der Waals surface area (Å²) in [5, 5.41) is 0. The molecule has 0 heterocycles. The second-order valence-corrected chi connectivity index (χ2v) is 4.53. The second-order valence-electron chi connectivity index (χ2n) is 4.53. The molecule has 0 amide bonds. The molecular formula is C18H40. The molecule has 0 heteroatoms. The highest BCUT2D eigenvalue weighted by atomic mass is 14.1. The zero-order valence-electron chi connectivity index (χ0n) is 14.4. The van der Waals surface area contributed by atoms with Gasteiger partial charge in [-0.05, 0) is 31.6 Å². The van der Waals surface area contributed by atoms with Crippen LogP contribution in [0.2, 0.25) is 0 Å². The fraction of sp³-hybridized carbons (Fsp3) is 0.889. The molecule has 0 aliphatic heterocycles. The number of rotatable bonds is 3. The molecular weight excluding hydrogens is 216 g/mol. The summed E-state index contributed by atoms with van der Waals surface area (Å²) in [7, 11) is 0. The van der Waals surface area contributed by atoms with Crippen molar-refractivity contribution >= 4 is 0 Å². The number of allylic oxidation sites excluding steroid dienone is 2. The van der Waals surface area contributed by atoms with Gasteiger partial charge >= 0.3 is 0 Å². The van der Waals surface area contributed by atoms with E-state index in [1.54, 1.807) is 0 Å². The Hall–Kier alpha value is -0.260. The first kappa shape index (κ1) is 22.9. The van der Waals surface area contributed by atoms with Crippen molar-refractivity contribution in [1.29, 1.82) is 0 Å². The number of hydrogen-bond acceptors (Lipinski definition) is 0. The molecule has 0 N–H and O–H groups in total. The molecule has 0 saturated heterocycles. The molecule has 0 saturated carbocycles. The summed E-state index contributed by atoms with van der Waals surface area (Å²) in [6.45, 7) is 15.0. The Morgan fingerprint density at radius 1 is 0.833 bits per heavy atom. The Morgan fingerprint density at radius 3 is 1.44 bits per heavy atom. The molecule has 0 fully saturated rings. The third-order valence-corrected chi connectivity index (χ3v) is 2.88. The van der Waals surface area contributed by atoms with Crippen LogP contribution in [0, 0.1) is 5.92 Å². The maximum absolute atomic E-state index is 2.36. The van der Waals surface area contributed by atoms with Gasteiger partial charge in [-0.1, -0.05) is 86.3 Å². The summed E-state index contributed by atoms with van der Waals surface area (Å²) in [4.78, 5) is 0. The van der Waals surface area contributed by atoms with Gasteiger partial charge in [0.2, 0.25) is 0 Å². The lowest BCUT2D eigenvalue weighted by Crippen LogP contribution is -1.97. The molecule has 0 radical (unpaired) electrons. The van der Waals surface area contributed by atoms with Crippen LogP contribution in [0.5, 0.6) is 0 Å². The Labute approximate surface area is 118 Å². The molecule has 1 aliphatic carbocycles. The van der Waals surface area contributed by atoms with Crippen LogP contribution in [0.1, 0.15) is 99.8 Å². The van der Waals surface area contributed by atoms with Crippen molar-refractivity contribution in [3.05, 3.63) is 12.2 Å². The maximum Gasteiger partial charge on any atom is -0.0236 e. The van der Waals surface area contributed by atoms with Crippen molar-refractivity contribution in [2.45, 2.75) is 99.8 Å². The summed E-state index contributed by atoms with van der Waals surface area (Å²) in [5.74, 6) is 0.906. The summed E-state index contributed by atoms with van der Waals surface area (Å²) in [6, 6.07) is 0. The average Bonchev–Trinajstić information content (AvgIpc) is 2.50. The average molecular weight is 257 g/mol. The lowest BCUT2D eigenvalue weighted by atomic mass is 9.94. The highest BCUT2D eigenvalue weighted by Crippen LogP contribution is 2.18. The molecule has 18 heavy (non-hydrogen) atoms. The van der Waals surface area contributed by atoms with Gasteiger partial charge in [0, 0.05) is 0 Å². The summed E-state index contributed by atoms with van der Waals surface area (Å²) >= 11 is 0. The van der Waals surface area contributed by atoms with E-state index < -0.39 is 0 Å². The predicted octanol–water partition coefficient (Wildman–Crippen LogP) is 7.39. The molecule has 0 aromatic carbocycles. The van der Waals surface area contributed by atoms with E-state index in [1.165, 1.54) is 51.4 Å². The molecule has 0 aromatic rings. The van der Waals surface area contributed by atoms with E-state index >= 15 is 0 Å². The normalized spacial score (nSPS) is 16.3. The van der Waals surface area contributed by atoms with Crippen LogP contribution in [0.4, 0.5) is 0 Å². The molecule has 112 valence electrons. The van der Waals surface area contributed by atoms with Gasteiger partial charge in [-0.3, -0.25) is 0 Å². The van der Waals surface area contributed by atoms with E-state index in [-0.39, 0.29) is 0 Å². The van der Waals surface area contributed by atoms with Gasteiger partial charge in [0.25, 0.3) is 0 Å². The Balaban J connectivity index is -0.000000194. The van der Waals surface area contributed by atoms with Gasteiger partial charge in [-0.25, -0.2) is 0 Å². The van der Waals surface area contributed by atoms with E-state index in [1.807, 2.05) is 13.8 Å². The highest BCUT2D eigenvalue weighted by molar-refractivity contribution is 4.91. The van der Waals surface area contributed by atoms with Crippen LogP contribution >= 0.6 is 0 Å². The molecule has 1 atom stereocenters. The van der Waals surface area contributed by atoms with Gasteiger partial charge in [-0.15, -0.1) is 0 Å². The monoisotopic (exact) mass is 256 g/mol. The van der Waals surface area contributed by atoms with E-state index in [0.29, 0.717) is 0 Å². The lowest BCUT2D eigenvalue weighted by molar-refractivity contribution is 0.527. The topological polar surface area (TPSA) is 0 Å². The molecule has 0 nitrogen and oxygen atoms in total. The first-order chi connectivity index (χ1) is 8.76. The largest absolute Gasteiger partial charge is 0.0883 e. The van der Waals surface area contributed by atoms with Gasteiger partial charge < -0.3 is 0 Å². The van der Waals surface area contributed by atoms with Gasteiger partial charge in [0.1, 0.15) is 0 Å². The van der Waals surface area contributed by atoms with Crippen LogP contribution in [0.25, 0.3) is 0 Å². The first-order valence-electron chi connectivity index (χ1n) is 8.43. The van der Waals surface area contributed by atoms with E-state index in [9.17, 15) is 0 Å². The molecule has 1 aliphatic rings. The smallest absolute Gasteiger partial charge is 0.0236 e. The van der Waals surface area contributed by atoms with E-state index in [0.717, 1.165) is 5.92 Å². The lowest BCUT2D eigenvalue weighted by Gasteiger charge is -2.12. The minimum absolute atomic E-state index is 0.906. The SMILES string of the molecule is CC.CCC1C=CCCC1.CCCC.CCCC. The maximum atomic E-state index is 2.36. The zero-order valence-corrected chi connectivity index (χ0v) is 14.4. The summed E-state index contributed by atoms with van der Waals surface area (Å²) in [5.41, 5.74) is 0. The quantitative estimate of drug-likeness (QED) is 0.462. The molecule has 0 aromatic heterocycles. The van der Waals surface area contributed by atoms with Crippen molar-refractivity contribution < 1.29 is 0 Å². The van der Waals surface area contributed by atoms with Crippen molar-refractivity contribution in [3.8, 4) is 0 Å². The Bertz CT molecular complexity index is 116. The molecule has 1 unspecified atom stereocenters. The second kappa shape index (κ2) is 25.6. The van der Waals surface area contributed by atoms with Crippen molar-refractivity contribution in [2.75, 3.05) is 0 Å². The van der Waals surface area contributed by atoms with Gasteiger partial charge in [0.05, 0.1) is 0 Å². The van der Waals surface area contributed by atoms with Crippen molar-refractivity contribution in [3.63, 3.8) is 0 Å². The highest BCUT2D eigenvalue weighted by Gasteiger charge is 2.03. The minimum Gasteiger partial charge on any atom is -0.0883 e. The van der Waals surface area contributed by atoms with Gasteiger partial charge in [0.15, 0.2) is 0 Å². The van der Waals surface area contributed by atoms with Crippen molar-refractivity contribution in [2.24, 2.45) is 5.92 Å². The Kier molecular flexibility index (Phi) is 32.5. The fourth-order valence-electron chi connectivity index (χ4n) is 1.22. The van der Waals surface area contributed by atoms with E-state index in [2.05, 4.69) is 46.8 Å². The molecule has 1 rings (SSSR count). The van der Waals surface area contributed by atoms with Crippen LogP contribution in [0.3, 0.4) is 0 Å². The molecule has 0 spiro atoms. The summed E-state index contributed by atoms with van der Waals surface area (Å²) < 4.78 is 0. The third-order valence-electron chi connectivity index (χ3n) is 2.88. The third kappa shape index (κ3) is 24.8. The molecule has 0 bridgehead atoms. The van der Waals surface area contributed by atoms with Crippen LogP contribution in [0.15, 0.2) is 12.2 Å². The summed E-state index contributed by atoms with van der Waals surface area (Å²) in [6.07, 6.45) is 15.4. The zero-order chi connectivity index (χ0) is 14.6. The minimum atomic E-state index is 0.906. The fourth-order valence-corrected chi connectivity index (χ4v) is 1.22. The Morgan fingerprint density at radius 2 is 1.28 bits per heavy atom. The van der Waals surface area contributed by atoms with Crippen LogP contribution in [-0.2, 0) is 0 Å². The standard InChI is InChI=1S/C8H14.2C4H10.C2H6/c1-2-8-6-4-3-5-7-8;2*1-3-4-2;1-2/h4,6,8H,2-3,5,7H2,1H3;2*3-4H2,1-2H3;1-2H3. The van der Waals surface area contributed by atoms with E-state index in [4.69, 9.17) is 0 Å².